The topological polar surface area (TPSA) is 66.9 Å². The molecule has 0 spiro atoms. The maximum Gasteiger partial charge on any atom is 0.277 e. The fraction of sp³-hybridized carbons (Fsp3) is 0.200. The number of ketones is 1. The van der Waals surface area contributed by atoms with E-state index in [0.717, 1.165) is 35.4 Å². The van der Waals surface area contributed by atoms with Gasteiger partial charge in [0.2, 0.25) is 0 Å². The summed E-state index contributed by atoms with van der Waals surface area (Å²) in [7, 11) is 0. The van der Waals surface area contributed by atoms with Gasteiger partial charge in [0.1, 0.15) is 5.82 Å². The molecule has 1 aromatic carbocycles. The fourth-order valence-corrected chi connectivity index (χ4v) is 4.65. The lowest BCUT2D eigenvalue weighted by Gasteiger charge is -2.30. The number of allylic oxidation sites excluding steroid dienone is 2. The highest BCUT2D eigenvalue weighted by atomic mass is 32.1. The number of thiophene rings is 1. The summed E-state index contributed by atoms with van der Waals surface area (Å²) in [5, 5.41) is 10.6. The lowest BCUT2D eigenvalue weighted by atomic mass is 9.77. The minimum atomic E-state index is -0.297. The van der Waals surface area contributed by atoms with Gasteiger partial charge >= 0.3 is 0 Å². The van der Waals surface area contributed by atoms with E-state index >= 15 is 0 Å². The van der Waals surface area contributed by atoms with Gasteiger partial charge in [-0.3, -0.25) is 14.7 Å². The highest BCUT2D eigenvalue weighted by Crippen LogP contribution is 2.43. The van der Waals surface area contributed by atoms with Crippen LogP contribution in [-0.2, 0) is 4.79 Å². The summed E-state index contributed by atoms with van der Waals surface area (Å²) < 4.78 is 1.56. The number of hydrogen-bond acceptors (Lipinski definition) is 4. The van der Waals surface area contributed by atoms with Gasteiger partial charge in [0.15, 0.2) is 5.78 Å². The molecule has 0 fully saturated rings. The fourth-order valence-electron chi connectivity index (χ4n) is 3.97. The molecule has 1 atom stereocenters. The van der Waals surface area contributed by atoms with Crippen LogP contribution in [0.4, 0.5) is 5.82 Å². The largest absolute Gasteiger partial charge is 0.343 e. The second-order valence-corrected chi connectivity index (χ2v) is 7.44. The zero-order valence-electron chi connectivity index (χ0n) is 14.0. The molecule has 2 aliphatic rings. The maximum atomic E-state index is 13.3. The van der Waals surface area contributed by atoms with Crippen LogP contribution in [0.2, 0.25) is 0 Å². The number of para-hydroxylation sites is 1. The van der Waals surface area contributed by atoms with Gasteiger partial charge in [-0.25, -0.2) is 4.68 Å². The van der Waals surface area contributed by atoms with E-state index in [1.807, 2.05) is 47.2 Å². The normalized spacial score (nSPS) is 19.1. The number of H-pyrrole nitrogens is 1. The molecule has 5 nitrogen and oxygen atoms in total. The first-order valence-corrected chi connectivity index (χ1v) is 9.64. The number of fused-ring (bicyclic) bond motifs is 1. The number of benzene rings is 1. The predicted molar refractivity (Wildman–Crippen MR) is 102 cm³/mol. The van der Waals surface area contributed by atoms with Crippen LogP contribution in [-0.4, -0.2) is 15.6 Å². The van der Waals surface area contributed by atoms with Crippen molar-refractivity contribution < 1.29 is 4.79 Å². The summed E-state index contributed by atoms with van der Waals surface area (Å²) in [6, 6.07) is 11.5. The van der Waals surface area contributed by atoms with Crippen LogP contribution in [0.25, 0.3) is 5.69 Å². The van der Waals surface area contributed by atoms with Gasteiger partial charge in [0, 0.05) is 23.6 Å². The van der Waals surface area contributed by atoms with Crippen molar-refractivity contribution in [3.05, 3.63) is 79.9 Å². The van der Waals surface area contributed by atoms with Crippen LogP contribution in [0.15, 0.2) is 63.2 Å². The summed E-state index contributed by atoms with van der Waals surface area (Å²) in [4.78, 5) is 26.0. The summed E-state index contributed by atoms with van der Waals surface area (Å²) in [5.74, 6) is 0.546. The van der Waals surface area contributed by atoms with E-state index < -0.39 is 0 Å². The second-order valence-electron chi connectivity index (χ2n) is 6.66. The van der Waals surface area contributed by atoms with Crippen LogP contribution in [0, 0.1) is 0 Å². The molecule has 3 aromatic rings. The molecule has 1 unspecified atom stereocenters. The zero-order valence-corrected chi connectivity index (χ0v) is 14.8. The van der Waals surface area contributed by atoms with E-state index in [2.05, 4.69) is 10.4 Å². The average molecular weight is 363 g/mol. The molecule has 0 saturated carbocycles. The number of nitrogens with zero attached hydrogens (tertiary/aromatic N) is 1. The van der Waals surface area contributed by atoms with E-state index in [0.29, 0.717) is 17.8 Å². The van der Waals surface area contributed by atoms with Gasteiger partial charge in [-0.05, 0) is 47.4 Å². The molecule has 6 heteroatoms. The first kappa shape index (κ1) is 15.4. The van der Waals surface area contributed by atoms with E-state index in [1.54, 1.807) is 16.0 Å². The highest BCUT2D eigenvalue weighted by Gasteiger charge is 2.38. The number of carbonyl (C=O) groups is 1. The number of rotatable bonds is 2. The van der Waals surface area contributed by atoms with E-state index in [9.17, 15) is 9.59 Å². The third-order valence-corrected chi connectivity index (χ3v) is 5.83. The number of aromatic nitrogens is 2. The highest BCUT2D eigenvalue weighted by molar-refractivity contribution is 7.08. The SMILES string of the molecule is O=C1CCCC2=C1C(c1ccsc1)c1c([nH]n(-c3ccccc3)c1=O)N2. The van der Waals surface area contributed by atoms with Gasteiger partial charge in [0.25, 0.3) is 5.56 Å². The van der Waals surface area contributed by atoms with Crippen LogP contribution in [0.1, 0.15) is 36.3 Å². The Labute approximate surface area is 154 Å². The molecule has 2 N–H and O–H groups in total. The Morgan fingerprint density at radius 2 is 1.92 bits per heavy atom. The molecule has 1 aliphatic carbocycles. The Morgan fingerprint density at radius 1 is 1.08 bits per heavy atom. The van der Waals surface area contributed by atoms with Crippen molar-refractivity contribution in [2.75, 3.05) is 5.32 Å². The Kier molecular flexibility index (Phi) is 3.46. The monoisotopic (exact) mass is 363 g/mol. The molecule has 0 bridgehead atoms. The van der Waals surface area contributed by atoms with Crippen molar-refractivity contribution in [1.29, 1.82) is 0 Å². The van der Waals surface area contributed by atoms with Crippen molar-refractivity contribution >= 4 is 22.9 Å². The standard InChI is InChI=1S/C20H17N3O2S/c24-15-8-4-7-14-17(15)16(12-9-10-26-11-12)18-19(21-14)22-23(20(18)25)13-5-2-1-3-6-13/h1-3,5-6,9-11,16,21-22H,4,7-8H2. The smallest absolute Gasteiger partial charge is 0.277 e. The molecule has 0 saturated heterocycles. The van der Waals surface area contributed by atoms with Gasteiger partial charge in [-0.15, -0.1) is 0 Å². The number of nitrogens with one attached hydrogen (secondary N) is 2. The Morgan fingerprint density at radius 3 is 2.69 bits per heavy atom. The van der Waals surface area contributed by atoms with Crippen molar-refractivity contribution in [1.82, 2.24) is 9.78 Å². The summed E-state index contributed by atoms with van der Waals surface area (Å²) >= 11 is 1.58. The van der Waals surface area contributed by atoms with Crippen molar-refractivity contribution in [2.45, 2.75) is 25.2 Å². The minimum absolute atomic E-state index is 0.111. The van der Waals surface area contributed by atoms with Crippen LogP contribution in [0.5, 0.6) is 0 Å². The van der Waals surface area contributed by atoms with E-state index in [-0.39, 0.29) is 17.3 Å². The first-order chi connectivity index (χ1) is 12.7. The van der Waals surface area contributed by atoms with Gasteiger partial charge in [-0.2, -0.15) is 11.3 Å². The van der Waals surface area contributed by atoms with Crippen molar-refractivity contribution in [3.63, 3.8) is 0 Å². The number of Topliss-reactive ketones (excluding diaryl/α,β-unsaturated/α-hetero) is 1. The summed E-state index contributed by atoms with van der Waals surface area (Å²) in [5.41, 5.74) is 4.02. The van der Waals surface area contributed by atoms with Crippen LogP contribution < -0.4 is 10.9 Å². The third-order valence-electron chi connectivity index (χ3n) is 5.13. The van der Waals surface area contributed by atoms with Gasteiger partial charge < -0.3 is 5.32 Å². The number of carbonyl (C=O) groups excluding carboxylic acids is 1. The first-order valence-electron chi connectivity index (χ1n) is 8.69. The predicted octanol–water partition coefficient (Wildman–Crippen LogP) is 3.79. The van der Waals surface area contributed by atoms with Crippen molar-refractivity contribution in [2.24, 2.45) is 0 Å². The van der Waals surface area contributed by atoms with Gasteiger partial charge in [0.05, 0.1) is 11.3 Å². The molecule has 5 rings (SSSR count). The lowest BCUT2D eigenvalue weighted by Crippen LogP contribution is -2.29. The lowest BCUT2D eigenvalue weighted by molar-refractivity contribution is -0.116. The van der Waals surface area contributed by atoms with Gasteiger partial charge in [-0.1, -0.05) is 18.2 Å². The minimum Gasteiger partial charge on any atom is -0.343 e. The Balaban J connectivity index is 1.75. The second kappa shape index (κ2) is 5.85. The molecular formula is C20H17N3O2S. The number of hydrogen-bond donors (Lipinski definition) is 2. The molecule has 130 valence electrons. The van der Waals surface area contributed by atoms with Crippen LogP contribution >= 0.6 is 11.3 Å². The molecule has 26 heavy (non-hydrogen) atoms. The molecule has 3 heterocycles. The number of aromatic amines is 1. The Bertz CT molecular complexity index is 1070. The quantitative estimate of drug-likeness (QED) is 0.728. The average Bonchev–Trinajstić information content (AvgIpc) is 3.30. The zero-order chi connectivity index (χ0) is 17.7. The Hall–Kier alpha value is -2.86. The molecule has 1 aliphatic heterocycles. The number of anilines is 1. The van der Waals surface area contributed by atoms with E-state index in [1.165, 1.54) is 0 Å². The van der Waals surface area contributed by atoms with Crippen molar-refractivity contribution in [3.8, 4) is 5.69 Å². The summed E-state index contributed by atoms with van der Waals surface area (Å²) in [6.45, 7) is 0. The third kappa shape index (κ3) is 2.22. The maximum absolute atomic E-state index is 13.3. The summed E-state index contributed by atoms with van der Waals surface area (Å²) in [6.07, 6.45) is 2.23. The molecular weight excluding hydrogens is 346 g/mol. The molecule has 2 aromatic heterocycles. The van der Waals surface area contributed by atoms with Crippen LogP contribution in [0.3, 0.4) is 0 Å². The molecule has 0 amide bonds. The molecule has 0 radical (unpaired) electrons. The van der Waals surface area contributed by atoms with E-state index in [4.69, 9.17) is 0 Å².